The highest BCUT2D eigenvalue weighted by Gasteiger charge is 2.23. The number of hydrogen-bond donors (Lipinski definition) is 1. The molecule has 1 saturated heterocycles. The largest absolute Gasteiger partial charge is 0.382 e. The molecule has 1 saturated carbocycles. The first-order valence-electron chi connectivity index (χ1n) is 8.07. The first kappa shape index (κ1) is 13.7. The molecular formula is C17H25FN2. The molecule has 2 aliphatic rings. The van der Waals surface area contributed by atoms with Crippen molar-refractivity contribution in [2.75, 3.05) is 23.3 Å². The third-order valence-corrected chi connectivity index (χ3v) is 4.88. The van der Waals surface area contributed by atoms with Crippen LogP contribution in [-0.4, -0.2) is 19.1 Å². The summed E-state index contributed by atoms with van der Waals surface area (Å²) in [7, 11) is 0. The van der Waals surface area contributed by atoms with E-state index in [0.29, 0.717) is 6.04 Å². The summed E-state index contributed by atoms with van der Waals surface area (Å²) in [4.78, 5) is 2.15. The molecule has 3 rings (SSSR count). The minimum atomic E-state index is -0.0815. The zero-order valence-electron chi connectivity index (χ0n) is 12.4. The lowest BCUT2D eigenvalue weighted by molar-refractivity contribution is 0.525. The molecule has 1 aliphatic heterocycles. The number of benzene rings is 1. The highest BCUT2D eigenvalue weighted by atomic mass is 19.1. The summed E-state index contributed by atoms with van der Waals surface area (Å²) in [6.45, 7) is 4.24. The molecule has 1 N–H and O–H groups in total. The van der Waals surface area contributed by atoms with E-state index in [0.717, 1.165) is 30.4 Å². The van der Waals surface area contributed by atoms with E-state index in [1.807, 2.05) is 12.1 Å². The first-order chi connectivity index (χ1) is 9.76. The van der Waals surface area contributed by atoms with Crippen LogP contribution in [0.15, 0.2) is 18.2 Å². The lowest BCUT2D eigenvalue weighted by Crippen LogP contribution is -2.19. The van der Waals surface area contributed by atoms with E-state index in [2.05, 4.69) is 17.1 Å². The SMILES string of the molecule is CCC1CCC(Nc2ccc(N3CCCC3)c(F)c2)C1. The van der Waals surface area contributed by atoms with E-state index in [1.54, 1.807) is 6.07 Å². The molecule has 20 heavy (non-hydrogen) atoms. The second kappa shape index (κ2) is 6.02. The highest BCUT2D eigenvalue weighted by molar-refractivity contribution is 5.57. The molecule has 0 amide bonds. The molecule has 0 spiro atoms. The van der Waals surface area contributed by atoms with Crippen LogP contribution < -0.4 is 10.2 Å². The Bertz CT molecular complexity index is 454. The molecule has 1 aromatic rings. The van der Waals surface area contributed by atoms with Crippen molar-refractivity contribution in [1.29, 1.82) is 0 Å². The Kier molecular flexibility index (Phi) is 4.13. The average molecular weight is 276 g/mol. The van der Waals surface area contributed by atoms with Crippen LogP contribution in [0, 0.1) is 11.7 Å². The number of anilines is 2. The van der Waals surface area contributed by atoms with Gasteiger partial charge < -0.3 is 10.2 Å². The van der Waals surface area contributed by atoms with Crippen molar-refractivity contribution < 1.29 is 4.39 Å². The van der Waals surface area contributed by atoms with Gasteiger partial charge in [-0.3, -0.25) is 0 Å². The summed E-state index contributed by atoms with van der Waals surface area (Å²) < 4.78 is 14.2. The molecule has 0 radical (unpaired) electrons. The van der Waals surface area contributed by atoms with Crippen LogP contribution in [0.2, 0.25) is 0 Å². The van der Waals surface area contributed by atoms with Crippen LogP contribution in [0.4, 0.5) is 15.8 Å². The van der Waals surface area contributed by atoms with Crippen LogP contribution in [0.5, 0.6) is 0 Å². The van der Waals surface area contributed by atoms with E-state index in [1.165, 1.54) is 38.5 Å². The Balaban J connectivity index is 1.64. The van der Waals surface area contributed by atoms with Gasteiger partial charge in [0, 0.05) is 24.8 Å². The number of halogens is 1. The van der Waals surface area contributed by atoms with E-state index in [-0.39, 0.29) is 5.82 Å². The van der Waals surface area contributed by atoms with Gasteiger partial charge in [0.15, 0.2) is 0 Å². The predicted octanol–water partition coefficient (Wildman–Crippen LogP) is 4.42. The van der Waals surface area contributed by atoms with Crippen molar-refractivity contribution in [3.8, 4) is 0 Å². The normalized spacial score (nSPS) is 26.2. The van der Waals surface area contributed by atoms with Crippen LogP contribution in [0.25, 0.3) is 0 Å². The van der Waals surface area contributed by atoms with Crippen LogP contribution >= 0.6 is 0 Å². The number of nitrogens with zero attached hydrogens (tertiary/aromatic N) is 1. The Hall–Kier alpha value is -1.25. The van der Waals surface area contributed by atoms with Crippen molar-refractivity contribution in [3.63, 3.8) is 0 Å². The fourth-order valence-corrected chi connectivity index (χ4v) is 3.62. The summed E-state index contributed by atoms with van der Waals surface area (Å²) in [5.41, 5.74) is 1.71. The maximum atomic E-state index is 14.2. The maximum absolute atomic E-state index is 14.2. The fourth-order valence-electron chi connectivity index (χ4n) is 3.62. The minimum Gasteiger partial charge on any atom is -0.382 e. The zero-order valence-corrected chi connectivity index (χ0v) is 12.4. The third-order valence-electron chi connectivity index (χ3n) is 4.88. The molecule has 1 aromatic carbocycles. The topological polar surface area (TPSA) is 15.3 Å². The Morgan fingerprint density at radius 1 is 1.25 bits per heavy atom. The van der Waals surface area contributed by atoms with Crippen LogP contribution in [0.3, 0.4) is 0 Å². The van der Waals surface area contributed by atoms with Crippen LogP contribution in [0.1, 0.15) is 45.4 Å². The smallest absolute Gasteiger partial charge is 0.148 e. The number of nitrogens with one attached hydrogen (secondary N) is 1. The van der Waals surface area contributed by atoms with Crippen molar-refractivity contribution >= 4 is 11.4 Å². The van der Waals surface area contributed by atoms with Gasteiger partial charge in [-0.15, -0.1) is 0 Å². The van der Waals surface area contributed by atoms with Gasteiger partial charge in [0.2, 0.25) is 0 Å². The molecule has 3 heteroatoms. The summed E-state index contributed by atoms with van der Waals surface area (Å²) in [5, 5.41) is 3.51. The van der Waals surface area contributed by atoms with Gasteiger partial charge in [0.25, 0.3) is 0 Å². The Labute approximate surface area is 121 Å². The van der Waals surface area contributed by atoms with E-state index < -0.39 is 0 Å². The molecule has 0 bridgehead atoms. The molecule has 2 fully saturated rings. The zero-order chi connectivity index (χ0) is 13.9. The molecule has 110 valence electrons. The van der Waals surface area contributed by atoms with E-state index >= 15 is 0 Å². The predicted molar refractivity (Wildman–Crippen MR) is 82.9 cm³/mol. The number of hydrogen-bond acceptors (Lipinski definition) is 2. The lowest BCUT2D eigenvalue weighted by atomic mass is 10.1. The molecule has 1 heterocycles. The number of rotatable bonds is 4. The second-order valence-electron chi connectivity index (χ2n) is 6.29. The Morgan fingerprint density at radius 3 is 2.70 bits per heavy atom. The first-order valence-corrected chi connectivity index (χ1v) is 8.07. The van der Waals surface area contributed by atoms with Crippen molar-refractivity contribution in [2.24, 2.45) is 5.92 Å². The van der Waals surface area contributed by atoms with Crippen molar-refractivity contribution in [3.05, 3.63) is 24.0 Å². The monoisotopic (exact) mass is 276 g/mol. The molecule has 0 aromatic heterocycles. The molecule has 2 nitrogen and oxygen atoms in total. The van der Waals surface area contributed by atoms with Gasteiger partial charge in [-0.05, 0) is 56.2 Å². The molecule has 2 unspecified atom stereocenters. The third kappa shape index (κ3) is 2.92. The van der Waals surface area contributed by atoms with Gasteiger partial charge in [0.05, 0.1) is 5.69 Å². The van der Waals surface area contributed by atoms with Gasteiger partial charge >= 0.3 is 0 Å². The van der Waals surface area contributed by atoms with E-state index in [9.17, 15) is 4.39 Å². The van der Waals surface area contributed by atoms with Crippen LogP contribution in [-0.2, 0) is 0 Å². The summed E-state index contributed by atoms with van der Waals surface area (Å²) in [6, 6.07) is 6.18. The van der Waals surface area contributed by atoms with Gasteiger partial charge in [-0.2, -0.15) is 0 Å². The summed E-state index contributed by atoms with van der Waals surface area (Å²) in [5.74, 6) is 0.767. The molecule has 1 aliphatic carbocycles. The quantitative estimate of drug-likeness (QED) is 0.876. The van der Waals surface area contributed by atoms with Crippen molar-refractivity contribution in [1.82, 2.24) is 0 Å². The van der Waals surface area contributed by atoms with E-state index in [4.69, 9.17) is 0 Å². The fraction of sp³-hybridized carbons (Fsp3) is 0.647. The van der Waals surface area contributed by atoms with Gasteiger partial charge in [-0.1, -0.05) is 13.3 Å². The van der Waals surface area contributed by atoms with Gasteiger partial charge in [0.1, 0.15) is 5.82 Å². The minimum absolute atomic E-state index is 0.0815. The average Bonchev–Trinajstić information content (AvgIpc) is 3.10. The summed E-state index contributed by atoms with van der Waals surface area (Å²) in [6.07, 6.45) is 7.38. The summed E-state index contributed by atoms with van der Waals surface area (Å²) >= 11 is 0. The maximum Gasteiger partial charge on any atom is 0.148 e. The Morgan fingerprint density at radius 2 is 2.05 bits per heavy atom. The highest BCUT2D eigenvalue weighted by Crippen LogP contribution is 2.31. The van der Waals surface area contributed by atoms with Crippen molar-refractivity contribution in [2.45, 2.75) is 51.5 Å². The van der Waals surface area contributed by atoms with Gasteiger partial charge in [-0.25, -0.2) is 4.39 Å². The second-order valence-corrected chi connectivity index (χ2v) is 6.29. The standard InChI is InChI=1S/C17H25FN2/c1-2-13-5-6-14(11-13)19-15-7-8-17(16(18)12-15)20-9-3-4-10-20/h7-8,12-14,19H,2-6,9-11H2,1H3. The lowest BCUT2D eigenvalue weighted by Gasteiger charge is -2.20. The molecule has 2 atom stereocenters. The molecular weight excluding hydrogens is 251 g/mol.